The van der Waals surface area contributed by atoms with E-state index >= 15 is 0 Å². The van der Waals surface area contributed by atoms with E-state index in [-0.39, 0.29) is 11.9 Å². The zero-order chi connectivity index (χ0) is 10.7. The lowest BCUT2D eigenvalue weighted by Crippen LogP contribution is -2.51. The highest BCUT2D eigenvalue weighted by Gasteiger charge is 2.26. The van der Waals surface area contributed by atoms with Crippen molar-refractivity contribution < 1.29 is 9.53 Å². The third kappa shape index (κ3) is 3.18. The second-order valence-electron chi connectivity index (χ2n) is 4.57. The van der Waals surface area contributed by atoms with Gasteiger partial charge in [-0.2, -0.15) is 0 Å². The van der Waals surface area contributed by atoms with Gasteiger partial charge in [0, 0.05) is 20.1 Å². The molecule has 0 spiro atoms. The molecule has 1 heterocycles. The van der Waals surface area contributed by atoms with Crippen LogP contribution in [0.2, 0.25) is 0 Å². The van der Waals surface area contributed by atoms with Gasteiger partial charge in [-0.1, -0.05) is 12.8 Å². The Hall–Kier alpha value is -0.610. The van der Waals surface area contributed by atoms with E-state index in [9.17, 15) is 4.79 Å². The highest BCUT2D eigenvalue weighted by Crippen LogP contribution is 2.32. The second kappa shape index (κ2) is 4.94. The minimum absolute atomic E-state index is 0.122. The standard InChI is InChI=1S/C11H20N2O2/c1-13(6-4-9-2-3-9)11(14)10-8-15-7-5-12-10/h9-10,12H,2-8H2,1H3. The first-order valence-electron chi connectivity index (χ1n) is 5.83. The Balaban J connectivity index is 1.71. The van der Waals surface area contributed by atoms with E-state index in [0.29, 0.717) is 6.61 Å². The highest BCUT2D eigenvalue weighted by atomic mass is 16.5. The van der Waals surface area contributed by atoms with Crippen molar-refractivity contribution in [3.63, 3.8) is 0 Å². The van der Waals surface area contributed by atoms with Crippen LogP contribution in [0.3, 0.4) is 0 Å². The molecule has 1 saturated heterocycles. The minimum Gasteiger partial charge on any atom is -0.378 e. The maximum Gasteiger partial charge on any atom is 0.241 e. The SMILES string of the molecule is CN(CCC1CC1)C(=O)C1COCCN1. The molecule has 4 heteroatoms. The number of likely N-dealkylation sites (N-methyl/N-ethyl adjacent to an activating group) is 1. The molecular formula is C11H20N2O2. The van der Waals surface area contributed by atoms with Crippen molar-refractivity contribution in [2.24, 2.45) is 5.92 Å². The number of ether oxygens (including phenoxy) is 1. The normalized spacial score (nSPS) is 26.3. The molecule has 2 rings (SSSR count). The summed E-state index contributed by atoms with van der Waals surface area (Å²) in [6.07, 6.45) is 3.87. The first-order chi connectivity index (χ1) is 7.27. The number of hydrogen-bond acceptors (Lipinski definition) is 3. The number of hydrogen-bond donors (Lipinski definition) is 1. The van der Waals surface area contributed by atoms with Crippen LogP contribution in [0.25, 0.3) is 0 Å². The third-order valence-corrected chi connectivity index (χ3v) is 3.17. The van der Waals surface area contributed by atoms with E-state index in [2.05, 4.69) is 5.32 Å². The summed E-state index contributed by atoms with van der Waals surface area (Å²) in [6, 6.07) is -0.122. The molecule has 0 radical (unpaired) electrons. The molecule has 1 unspecified atom stereocenters. The van der Waals surface area contributed by atoms with Crippen LogP contribution in [0.4, 0.5) is 0 Å². The van der Waals surface area contributed by atoms with Gasteiger partial charge >= 0.3 is 0 Å². The Morgan fingerprint density at radius 2 is 2.33 bits per heavy atom. The van der Waals surface area contributed by atoms with E-state index in [1.807, 2.05) is 11.9 Å². The van der Waals surface area contributed by atoms with Gasteiger partial charge in [0.05, 0.1) is 13.2 Å². The van der Waals surface area contributed by atoms with E-state index in [4.69, 9.17) is 4.74 Å². The first-order valence-corrected chi connectivity index (χ1v) is 5.83. The lowest BCUT2D eigenvalue weighted by Gasteiger charge is -2.27. The lowest BCUT2D eigenvalue weighted by molar-refractivity contribution is -0.135. The Labute approximate surface area is 91.0 Å². The van der Waals surface area contributed by atoms with Gasteiger partial charge in [0.1, 0.15) is 6.04 Å². The third-order valence-electron chi connectivity index (χ3n) is 3.17. The molecule has 0 aromatic rings. The number of carbonyl (C=O) groups excluding carboxylic acids is 1. The van der Waals surface area contributed by atoms with E-state index in [1.54, 1.807) is 0 Å². The molecule has 4 nitrogen and oxygen atoms in total. The molecule has 1 saturated carbocycles. The van der Waals surface area contributed by atoms with Crippen LogP contribution >= 0.6 is 0 Å². The summed E-state index contributed by atoms with van der Waals surface area (Å²) < 4.78 is 5.28. The molecule has 1 atom stereocenters. The van der Waals surface area contributed by atoms with Crippen LogP contribution in [0.5, 0.6) is 0 Å². The van der Waals surface area contributed by atoms with Gasteiger partial charge in [-0.25, -0.2) is 0 Å². The van der Waals surface area contributed by atoms with Crippen molar-refractivity contribution in [3.8, 4) is 0 Å². The summed E-state index contributed by atoms with van der Waals surface area (Å²) in [5.74, 6) is 1.06. The zero-order valence-corrected chi connectivity index (χ0v) is 9.37. The van der Waals surface area contributed by atoms with Crippen molar-refractivity contribution >= 4 is 5.91 Å². The molecule has 2 fully saturated rings. The first kappa shape index (κ1) is 10.9. The van der Waals surface area contributed by atoms with Crippen molar-refractivity contribution in [2.45, 2.75) is 25.3 Å². The van der Waals surface area contributed by atoms with Crippen molar-refractivity contribution in [1.82, 2.24) is 10.2 Å². The lowest BCUT2D eigenvalue weighted by atomic mass is 10.2. The highest BCUT2D eigenvalue weighted by molar-refractivity contribution is 5.81. The van der Waals surface area contributed by atoms with Crippen molar-refractivity contribution in [2.75, 3.05) is 33.4 Å². The van der Waals surface area contributed by atoms with Crippen LogP contribution in [0, 0.1) is 5.92 Å². The van der Waals surface area contributed by atoms with Gasteiger partial charge in [-0.3, -0.25) is 4.79 Å². The summed E-state index contributed by atoms with van der Waals surface area (Å²) in [4.78, 5) is 13.8. The molecule has 0 aromatic heterocycles. The maximum atomic E-state index is 11.9. The average Bonchev–Trinajstić information content (AvgIpc) is 3.10. The van der Waals surface area contributed by atoms with E-state index < -0.39 is 0 Å². The van der Waals surface area contributed by atoms with Crippen LogP contribution in [-0.2, 0) is 9.53 Å². The Bertz CT molecular complexity index is 223. The van der Waals surface area contributed by atoms with Gasteiger partial charge < -0.3 is 15.0 Å². The van der Waals surface area contributed by atoms with Gasteiger partial charge in [0.25, 0.3) is 0 Å². The number of morpholine rings is 1. The predicted molar refractivity (Wildman–Crippen MR) is 57.6 cm³/mol. The summed E-state index contributed by atoms with van der Waals surface area (Å²) in [5.41, 5.74) is 0. The fraction of sp³-hybridized carbons (Fsp3) is 0.909. The average molecular weight is 212 g/mol. The Kier molecular flexibility index (Phi) is 3.59. The second-order valence-corrected chi connectivity index (χ2v) is 4.57. The van der Waals surface area contributed by atoms with E-state index in [1.165, 1.54) is 12.8 Å². The summed E-state index contributed by atoms with van der Waals surface area (Å²) in [5, 5.41) is 3.19. The molecule has 1 amide bonds. The van der Waals surface area contributed by atoms with Gasteiger partial charge in [-0.15, -0.1) is 0 Å². The maximum absolute atomic E-state index is 11.9. The van der Waals surface area contributed by atoms with Crippen LogP contribution in [0.15, 0.2) is 0 Å². The van der Waals surface area contributed by atoms with Crippen molar-refractivity contribution in [1.29, 1.82) is 0 Å². The fourth-order valence-corrected chi connectivity index (χ4v) is 1.88. The van der Waals surface area contributed by atoms with E-state index in [0.717, 1.165) is 32.0 Å². The molecule has 15 heavy (non-hydrogen) atoms. The monoisotopic (exact) mass is 212 g/mol. The molecule has 0 aromatic carbocycles. The predicted octanol–water partition coefficient (Wildman–Crippen LogP) is 0.233. The van der Waals surface area contributed by atoms with Gasteiger partial charge in [0.2, 0.25) is 5.91 Å². The Morgan fingerprint density at radius 1 is 1.53 bits per heavy atom. The number of amides is 1. The number of rotatable bonds is 4. The van der Waals surface area contributed by atoms with Crippen LogP contribution in [-0.4, -0.2) is 50.2 Å². The summed E-state index contributed by atoms with van der Waals surface area (Å²) in [7, 11) is 1.89. The zero-order valence-electron chi connectivity index (χ0n) is 9.37. The smallest absolute Gasteiger partial charge is 0.241 e. The number of nitrogens with zero attached hydrogens (tertiary/aromatic N) is 1. The number of carbonyl (C=O) groups is 1. The summed E-state index contributed by atoms with van der Waals surface area (Å²) >= 11 is 0. The largest absolute Gasteiger partial charge is 0.378 e. The molecule has 1 N–H and O–H groups in total. The summed E-state index contributed by atoms with van der Waals surface area (Å²) in [6.45, 7) is 2.91. The topological polar surface area (TPSA) is 41.6 Å². The number of nitrogens with one attached hydrogen (secondary N) is 1. The fourth-order valence-electron chi connectivity index (χ4n) is 1.88. The molecule has 1 aliphatic heterocycles. The quantitative estimate of drug-likeness (QED) is 0.725. The molecule has 1 aliphatic carbocycles. The molecule has 2 aliphatic rings. The molecular weight excluding hydrogens is 192 g/mol. The Morgan fingerprint density at radius 3 is 2.93 bits per heavy atom. The van der Waals surface area contributed by atoms with Crippen LogP contribution < -0.4 is 5.32 Å². The minimum atomic E-state index is -0.122. The van der Waals surface area contributed by atoms with Crippen LogP contribution in [0.1, 0.15) is 19.3 Å². The van der Waals surface area contributed by atoms with Gasteiger partial charge in [-0.05, 0) is 12.3 Å². The molecule has 86 valence electrons. The van der Waals surface area contributed by atoms with Crippen molar-refractivity contribution in [3.05, 3.63) is 0 Å². The van der Waals surface area contributed by atoms with Gasteiger partial charge in [0.15, 0.2) is 0 Å². The molecule has 0 bridgehead atoms.